The molecule has 3 rings (SSSR count). The van der Waals surface area contributed by atoms with E-state index < -0.39 is 6.04 Å². The van der Waals surface area contributed by atoms with Gasteiger partial charge in [0.05, 0.1) is 11.7 Å². The van der Waals surface area contributed by atoms with Gasteiger partial charge in [0.25, 0.3) is 5.91 Å². The number of nitrogens with zero attached hydrogens (tertiary/aromatic N) is 4. The molecule has 0 saturated carbocycles. The molecule has 116 valence electrons. The quantitative estimate of drug-likeness (QED) is 0.591. The van der Waals surface area contributed by atoms with Gasteiger partial charge >= 0.3 is 0 Å². The zero-order chi connectivity index (χ0) is 16.2. The van der Waals surface area contributed by atoms with E-state index in [1.807, 2.05) is 42.5 Å². The lowest BCUT2D eigenvalue weighted by Gasteiger charge is -2.10. The molecular weight excluding hydrogens is 314 g/mol. The summed E-state index contributed by atoms with van der Waals surface area (Å²) in [5.74, 6) is -0.288. The van der Waals surface area contributed by atoms with Crippen molar-refractivity contribution in [3.63, 3.8) is 0 Å². The van der Waals surface area contributed by atoms with Crippen molar-refractivity contribution in [2.75, 3.05) is 0 Å². The number of rotatable bonds is 4. The third kappa shape index (κ3) is 3.22. The van der Waals surface area contributed by atoms with Gasteiger partial charge in [0.2, 0.25) is 0 Å². The largest absolute Gasteiger partial charge is 0.271 e. The molecule has 1 amide bonds. The number of nitrogens with one attached hydrogen (secondary N) is 1. The molecule has 0 aliphatic heterocycles. The fraction of sp³-hybridized carbons (Fsp3) is 0.125. The van der Waals surface area contributed by atoms with Crippen molar-refractivity contribution in [3.8, 4) is 0 Å². The molecule has 1 N–H and O–H groups in total. The number of benzene rings is 2. The topological polar surface area (TPSA) is 72.2 Å². The van der Waals surface area contributed by atoms with Crippen molar-refractivity contribution in [1.29, 1.82) is 0 Å². The van der Waals surface area contributed by atoms with Crippen molar-refractivity contribution in [2.24, 2.45) is 5.10 Å². The highest BCUT2D eigenvalue weighted by molar-refractivity contribution is 6.33. The van der Waals surface area contributed by atoms with Crippen molar-refractivity contribution in [3.05, 3.63) is 59.1 Å². The Balaban J connectivity index is 1.72. The Hall–Kier alpha value is -2.73. The summed E-state index contributed by atoms with van der Waals surface area (Å²) in [5.41, 5.74) is 4.76. The Morgan fingerprint density at radius 2 is 2.00 bits per heavy atom. The SMILES string of the molecule is C[C@H](C(=O)NN=Cc1ccccc1Cl)n1nnc2ccccc21. The number of hydrogen-bond acceptors (Lipinski definition) is 4. The Labute approximate surface area is 137 Å². The average Bonchev–Trinajstić information content (AvgIpc) is 3.00. The minimum atomic E-state index is -0.536. The lowest BCUT2D eigenvalue weighted by atomic mass is 10.2. The van der Waals surface area contributed by atoms with E-state index in [0.717, 1.165) is 16.6 Å². The number of carbonyl (C=O) groups excluding carboxylic acids is 1. The normalized spacial score (nSPS) is 12.6. The smallest absolute Gasteiger partial charge is 0.264 e. The minimum absolute atomic E-state index is 0.288. The first-order valence-corrected chi connectivity index (χ1v) is 7.42. The number of halogens is 1. The number of fused-ring (bicyclic) bond motifs is 1. The average molecular weight is 328 g/mol. The fourth-order valence-electron chi connectivity index (χ4n) is 2.12. The van der Waals surface area contributed by atoms with Gasteiger partial charge in [0.15, 0.2) is 0 Å². The number of hydrazone groups is 1. The standard InChI is InChI=1S/C16H14ClN5O/c1-11(22-15-9-5-4-8-14(15)19-21-22)16(23)20-18-10-12-6-2-3-7-13(12)17/h2-11H,1H3,(H,20,23)/t11-/m1/s1. The molecule has 0 spiro atoms. The highest BCUT2D eigenvalue weighted by atomic mass is 35.5. The van der Waals surface area contributed by atoms with Crippen molar-refractivity contribution >= 4 is 34.8 Å². The molecule has 2 aromatic carbocycles. The van der Waals surface area contributed by atoms with Crippen LogP contribution in [0, 0.1) is 0 Å². The Morgan fingerprint density at radius 1 is 1.26 bits per heavy atom. The maximum atomic E-state index is 12.2. The maximum absolute atomic E-state index is 12.2. The number of para-hydroxylation sites is 1. The summed E-state index contributed by atoms with van der Waals surface area (Å²) in [7, 11) is 0. The van der Waals surface area contributed by atoms with Gasteiger partial charge in [0, 0.05) is 10.6 Å². The van der Waals surface area contributed by atoms with Gasteiger partial charge in [0.1, 0.15) is 11.6 Å². The van der Waals surface area contributed by atoms with Gasteiger partial charge in [-0.25, -0.2) is 10.1 Å². The number of amides is 1. The monoisotopic (exact) mass is 327 g/mol. The van der Waals surface area contributed by atoms with Crippen molar-refractivity contribution in [2.45, 2.75) is 13.0 Å². The predicted molar refractivity (Wildman–Crippen MR) is 89.4 cm³/mol. The molecule has 23 heavy (non-hydrogen) atoms. The first-order valence-electron chi connectivity index (χ1n) is 7.04. The van der Waals surface area contributed by atoms with E-state index in [0.29, 0.717) is 5.02 Å². The van der Waals surface area contributed by atoms with Gasteiger partial charge < -0.3 is 0 Å². The second kappa shape index (κ2) is 6.58. The molecule has 3 aromatic rings. The van der Waals surface area contributed by atoms with Crippen LogP contribution in [0.4, 0.5) is 0 Å². The molecule has 0 unspecified atom stereocenters. The zero-order valence-corrected chi connectivity index (χ0v) is 13.1. The van der Waals surface area contributed by atoms with Crippen LogP contribution in [0.1, 0.15) is 18.5 Å². The molecule has 0 saturated heterocycles. The second-order valence-electron chi connectivity index (χ2n) is 4.95. The van der Waals surface area contributed by atoms with Crippen LogP contribution in [-0.4, -0.2) is 27.1 Å². The van der Waals surface area contributed by atoms with E-state index in [1.54, 1.807) is 17.7 Å². The summed E-state index contributed by atoms with van der Waals surface area (Å²) in [6.45, 7) is 1.74. The highest BCUT2D eigenvalue weighted by Gasteiger charge is 2.18. The summed E-state index contributed by atoms with van der Waals surface area (Å²) < 4.78 is 1.57. The summed E-state index contributed by atoms with van der Waals surface area (Å²) in [4.78, 5) is 12.2. The fourth-order valence-corrected chi connectivity index (χ4v) is 2.31. The number of aromatic nitrogens is 3. The summed E-state index contributed by atoms with van der Waals surface area (Å²) >= 11 is 6.02. The van der Waals surface area contributed by atoms with Crippen molar-refractivity contribution in [1.82, 2.24) is 20.4 Å². The summed E-state index contributed by atoms with van der Waals surface area (Å²) in [6.07, 6.45) is 1.51. The van der Waals surface area contributed by atoms with Crippen LogP contribution in [0.15, 0.2) is 53.6 Å². The summed E-state index contributed by atoms with van der Waals surface area (Å²) in [6, 6.07) is 14.2. The minimum Gasteiger partial charge on any atom is -0.271 e. The third-order valence-electron chi connectivity index (χ3n) is 3.41. The van der Waals surface area contributed by atoms with Gasteiger partial charge in [-0.15, -0.1) is 5.10 Å². The van der Waals surface area contributed by atoms with Crippen LogP contribution in [-0.2, 0) is 4.79 Å². The maximum Gasteiger partial charge on any atom is 0.264 e. The van der Waals surface area contributed by atoms with Crippen LogP contribution < -0.4 is 5.43 Å². The molecule has 6 nitrogen and oxygen atoms in total. The van der Waals surface area contributed by atoms with Gasteiger partial charge in [-0.1, -0.05) is 47.1 Å². The molecular formula is C16H14ClN5O. The van der Waals surface area contributed by atoms with E-state index in [2.05, 4.69) is 20.8 Å². The first kappa shape index (κ1) is 15.2. The molecule has 0 radical (unpaired) electrons. The highest BCUT2D eigenvalue weighted by Crippen LogP contribution is 2.15. The van der Waals surface area contributed by atoms with Crippen LogP contribution in [0.3, 0.4) is 0 Å². The van der Waals surface area contributed by atoms with Crippen LogP contribution in [0.5, 0.6) is 0 Å². The van der Waals surface area contributed by atoms with Gasteiger partial charge in [-0.05, 0) is 25.1 Å². The molecule has 0 aliphatic rings. The summed E-state index contributed by atoms with van der Waals surface area (Å²) in [5, 5.41) is 12.6. The van der Waals surface area contributed by atoms with Gasteiger partial charge in [-0.2, -0.15) is 5.10 Å². The van der Waals surface area contributed by atoms with Crippen LogP contribution in [0.25, 0.3) is 11.0 Å². The molecule has 0 aliphatic carbocycles. The van der Waals surface area contributed by atoms with E-state index in [9.17, 15) is 4.79 Å². The molecule has 1 aromatic heterocycles. The molecule has 1 heterocycles. The van der Waals surface area contributed by atoms with E-state index in [4.69, 9.17) is 11.6 Å². The van der Waals surface area contributed by atoms with Crippen LogP contribution in [0.2, 0.25) is 5.02 Å². The predicted octanol–water partition coefficient (Wildman–Crippen LogP) is 2.80. The van der Waals surface area contributed by atoms with Crippen molar-refractivity contribution < 1.29 is 4.79 Å². The van der Waals surface area contributed by atoms with Crippen LogP contribution >= 0.6 is 11.6 Å². The number of carbonyl (C=O) groups is 1. The first-order chi connectivity index (χ1) is 11.2. The molecule has 7 heteroatoms. The van der Waals surface area contributed by atoms with E-state index >= 15 is 0 Å². The molecule has 0 fully saturated rings. The Morgan fingerprint density at radius 3 is 2.83 bits per heavy atom. The molecule has 0 bridgehead atoms. The Bertz CT molecular complexity index is 874. The van der Waals surface area contributed by atoms with E-state index in [1.165, 1.54) is 6.21 Å². The van der Waals surface area contributed by atoms with Gasteiger partial charge in [-0.3, -0.25) is 4.79 Å². The number of hydrogen-bond donors (Lipinski definition) is 1. The Kier molecular flexibility index (Phi) is 4.34. The molecule has 1 atom stereocenters. The zero-order valence-electron chi connectivity index (χ0n) is 12.3. The second-order valence-corrected chi connectivity index (χ2v) is 5.36. The third-order valence-corrected chi connectivity index (χ3v) is 3.75. The van der Waals surface area contributed by atoms with E-state index in [-0.39, 0.29) is 5.91 Å². The lowest BCUT2D eigenvalue weighted by Crippen LogP contribution is -2.28. The lowest BCUT2D eigenvalue weighted by molar-refractivity contribution is -0.124.